The minimum atomic E-state index is 0.104. The van der Waals surface area contributed by atoms with Crippen LogP contribution in [0, 0.1) is 0 Å². The zero-order chi connectivity index (χ0) is 13.0. The standard InChI is InChI=1S/C13H18N4O/c1-9(2)18-12-7-10(3-4-11(12)14)17-8-13-15-5-6-16-13/h3-7,9,17H,8,14H2,1-2H3,(H,15,16). The molecule has 1 heterocycles. The van der Waals surface area contributed by atoms with E-state index >= 15 is 0 Å². The highest BCUT2D eigenvalue weighted by molar-refractivity contribution is 5.61. The van der Waals surface area contributed by atoms with E-state index in [1.807, 2.05) is 32.0 Å². The Hall–Kier alpha value is -2.17. The number of aromatic nitrogens is 2. The highest BCUT2D eigenvalue weighted by Crippen LogP contribution is 2.26. The lowest BCUT2D eigenvalue weighted by Gasteiger charge is -2.14. The number of anilines is 2. The quantitative estimate of drug-likeness (QED) is 0.708. The summed E-state index contributed by atoms with van der Waals surface area (Å²) >= 11 is 0. The van der Waals surface area contributed by atoms with E-state index in [0.29, 0.717) is 18.0 Å². The van der Waals surface area contributed by atoms with Crippen LogP contribution >= 0.6 is 0 Å². The molecule has 0 aliphatic rings. The number of hydrogen-bond acceptors (Lipinski definition) is 4. The predicted molar refractivity (Wildman–Crippen MR) is 72.5 cm³/mol. The molecule has 0 spiro atoms. The van der Waals surface area contributed by atoms with Gasteiger partial charge in [0.05, 0.1) is 18.3 Å². The van der Waals surface area contributed by atoms with Crippen molar-refractivity contribution in [2.75, 3.05) is 11.1 Å². The van der Waals surface area contributed by atoms with Crippen molar-refractivity contribution in [1.29, 1.82) is 0 Å². The first-order valence-electron chi connectivity index (χ1n) is 5.93. The molecule has 0 saturated carbocycles. The zero-order valence-corrected chi connectivity index (χ0v) is 10.6. The van der Waals surface area contributed by atoms with Gasteiger partial charge in [-0.3, -0.25) is 0 Å². The molecule has 0 unspecified atom stereocenters. The lowest BCUT2D eigenvalue weighted by atomic mass is 10.2. The Bertz CT molecular complexity index is 494. The number of benzene rings is 1. The van der Waals surface area contributed by atoms with E-state index < -0.39 is 0 Å². The third-order valence-corrected chi connectivity index (χ3v) is 2.39. The SMILES string of the molecule is CC(C)Oc1cc(NCc2ncc[nH]2)ccc1N. The fraction of sp³-hybridized carbons (Fsp3) is 0.308. The summed E-state index contributed by atoms with van der Waals surface area (Å²) in [5.41, 5.74) is 7.46. The number of nitrogens with one attached hydrogen (secondary N) is 2. The van der Waals surface area contributed by atoms with Gasteiger partial charge < -0.3 is 20.8 Å². The van der Waals surface area contributed by atoms with Crippen LogP contribution in [0.2, 0.25) is 0 Å². The maximum absolute atomic E-state index is 5.86. The number of nitrogens with zero attached hydrogens (tertiary/aromatic N) is 1. The Morgan fingerprint density at radius 2 is 2.28 bits per heavy atom. The van der Waals surface area contributed by atoms with Crippen LogP contribution in [0.1, 0.15) is 19.7 Å². The van der Waals surface area contributed by atoms with Gasteiger partial charge in [0.1, 0.15) is 11.6 Å². The summed E-state index contributed by atoms with van der Waals surface area (Å²) in [7, 11) is 0. The molecule has 96 valence electrons. The van der Waals surface area contributed by atoms with E-state index in [2.05, 4.69) is 15.3 Å². The second-order valence-electron chi connectivity index (χ2n) is 4.31. The van der Waals surface area contributed by atoms with Crippen molar-refractivity contribution in [2.24, 2.45) is 0 Å². The molecule has 4 N–H and O–H groups in total. The van der Waals surface area contributed by atoms with Gasteiger partial charge in [-0.15, -0.1) is 0 Å². The predicted octanol–water partition coefficient (Wildman–Crippen LogP) is 2.39. The molecule has 0 amide bonds. The molecule has 5 nitrogen and oxygen atoms in total. The molecular formula is C13H18N4O. The number of H-pyrrole nitrogens is 1. The van der Waals surface area contributed by atoms with Crippen molar-refractivity contribution in [3.05, 3.63) is 36.4 Å². The number of nitrogens with two attached hydrogens (primary N) is 1. The third-order valence-electron chi connectivity index (χ3n) is 2.39. The van der Waals surface area contributed by atoms with E-state index in [0.717, 1.165) is 11.5 Å². The highest BCUT2D eigenvalue weighted by atomic mass is 16.5. The van der Waals surface area contributed by atoms with Crippen LogP contribution < -0.4 is 15.8 Å². The number of hydrogen-bond donors (Lipinski definition) is 3. The van der Waals surface area contributed by atoms with Crippen LogP contribution in [-0.2, 0) is 6.54 Å². The second kappa shape index (κ2) is 5.44. The molecule has 18 heavy (non-hydrogen) atoms. The maximum atomic E-state index is 5.86. The molecule has 0 radical (unpaired) electrons. The molecule has 2 rings (SSSR count). The zero-order valence-electron chi connectivity index (χ0n) is 10.6. The van der Waals surface area contributed by atoms with Gasteiger partial charge >= 0.3 is 0 Å². The average molecular weight is 246 g/mol. The van der Waals surface area contributed by atoms with E-state index in [1.54, 1.807) is 12.4 Å². The second-order valence-corrected chi connectivity index (χ2v) is 4.31. The van der Waals surface area contributed by atoms with Gasteiger partial charge in [-0.1, -0.05) is 0 Å². The minimum absolute atomic E-state index is 0.104. The summed E-state index contributed by atoms with van der Waals surface area (Å²) in [5, 5.41) is 3.26. The van der Waals surface area contributed by atoms with Crippen molar-refractivity contribution in [2.45, 2.75) is 26.5 Å². The summed E-state index contributed by atoms with van der Waals surface area (Å²) in [6, 6.07) is 5.66. The third kappa shape index (κ3) is 3.16. The van der Waals surface area contributed by atoms with Crippen LogP contribution in [0.5, 0.6) is 5.75 Å². The Balaban J connectivity index is 2.04. The minimum Gasteiger partial charge on any atom is -0.489 e. The number of aromatic amines is 1. The number of imidazole rings is 1. The molecule has 0 aliphatic heterocycles. The first-order chi connectivity index (χ1) is 8.65. The topological polar surface area (TPSA) is 76.0 Å². The molecule has 0 fully saturated rings. The fourth-order valence-electron chi connectivity index (χ4n) is 1.58. The summed E-state index contributed by atoms with van der Waals surface area (Å²) in [6.07, 6.45) is 3.63. The normalized spacial score (nSPS) is 10.6. The lowest BCUT2D eigenvalue weighted by molar-refractivity contribution is 0.244. The van der Waals surface area contributed by atoms with Crippen molar-refractivity contribution in [3.63, 3.8) is 0 Å². The van der Waals surface area contributed by atoms with Crippen LogP contribution in [-0.4, -0.2) is 16.1 Å². The maximum Gasteiger partial charge on any atom is 0.144 e. The molecular weight excluding hydrogens is 228 g/mol. The summed E-state index contributed by atoms with van der Waals surface area (Å²) in [6.45, 7) is 4.59. The summed E-state index contributed by atoms with van der Waals surface area (Å²) < 4.78 is 5.63. The molecule has 1 aromatic heterocycles. The highest BCUT2D eigenvalue weighted by Gasteiger charge is 2.04. The number of rotatable bonds is 5. The van der Waals surface area contributed by atoms with Crippen molar-refractivity contribution < 1.29 is 4.74 Å². The molecule has 0 saturated heterocycles. The van der Waals surface area contributed by atoms with Gasteiger partial charge in [0, 0.05) is 24.1 Å². The van der Waals surface area contributed by atoms with Gasteiger partial charge in [-0.25, -0.2) is 4.98 Å². The Labute approximate surface area is 106 Å². The van der Waals surface area contributed by atoms with Crippen LogP contribution in [0.25, 0.3) is 0 Å². The number of nitrogen functional groups attached to an aromatic ring is 1. The molecule has 2 aromatic rings. The van der Waals surface area contributed by atoms with E-state index in [1.165, 1.54) is 0 Å². The van der Waals surface area contributed by atoms with Gasteiger partial charge in [0.2, 0.25) is 0 Å². The van der Waals surface area contributed by atoms with Crippen molar-refractivity contribution in [1.82, 2.24) is 9.97 Å². The number of ether oxygens (including phenoxy) is 1. The molecule has 5 heteroatoms. The van der Waals surface area contributed by atoms with Gasteiger partial charge in [-0.2, -0.15) is 0 Å². The van der Waals surface area contributed by atoms with Crippen LogP contribution in [0.3, 0.4) is 0 Å². The van der Waals surface area contributed by atoms with Crippen molar-refractivity contribution >= 4 is 11.4 Å². The Morgan fingerprint density at radius 1 is 1.44 bits per heavy atom. The van der Waals surface area contributed by atoms with E-state index in [4.69, 9.17) is 10.5 Å². The summed E-state index contributed by atoms with van der Waals surface area (Å²) in [5.74, 6) is 1.59. The first-order valence-corrected chi connectivity index (χ1v) is 5.93. The van der Waals surface area contributed by atoms with Crippen LogP contribution in [0.15, 0.2) is 30.6 Å². The molecule has 0 aliphatic carbocycles. The average Bonchev–Trinajstić information content (AvgIpc) is 2.82. The smallest absolute Gasteiger partial charge is 0.144 e. The fourth-order valence-corrected chi connectivity index (χ4v) is 1.58. The molecule has 0 atom stereocenters. The molecule has 1 aromatic carbocycles. The van der Waals surface area contributed by atoms with Crippen molar-refractivity contribution in [3.8, 4) is 5.75 Å². The Kier molecular flexibility index (Phi) is 3.72. The monoisotopic (exact) mass is 246 g/mol. The van der Waals surface area contributed by atoms with E-state index in [-0.39, 0.29) is 6.10 Å². The van der Waals surface area contributed by atoms with Gasteiger partial charge in [0.15, 0.2) is 0 Å². The van der Waals surface area contributed by atoms with Gasteiger partial charge in [0.25, 0.3) is 0 Å². The summed E-state index contributed by atoms with van der Waals surface area (Å²) in [4.78, 5) is 7.18. The van der Waals surface area contributed by atoms with Gasteiger partial charge in [-0.05, 0) is 26.0 Å². The van der Waals surface area contributed by atoms with Crippen LogP contribution in [0.4, 0.5) is 11.4 Å². The first kappa shape index (κ1) is 12.3. The largest absolute Gasteiger partial charge is 0.489 e. The Morgan fingerprint density at radius 3 is 2.94 bits per heavy atom. The van der Waals surface area contributed by atoms with E-state index in [9.17, 15) is 0 Å². The molecule has 0 bridgehead atoms. The lowest BCUT2D eigenvalue weighted by Crippen LogP contribution is -2.08.